The van der Waals surface area contributed by atoms with Crippen molar-refractivity contribution in [3.05, 3.63) is 78.4 Å². The molecule has 0 spiro atoms. The van der Waals surface area contributed by atoms with Gasteiger partial charge < -0.3 is 0 Å². The van der Waals surface area contributed by atoms with Gasteiger partial charge in [0.05, 0.1) is 15.9 Å². The summed E-state index contributed by atoms with van der Waals surface area (Å²) in [5, 5.41) is 0. The summed E-state index contributed by atoms with van der Waals surface area (Å²) in [5.41, 5.74) is 6.04. The highest BCUT2D eigenvalue weighted by Crippen LogP contribution is 2.34. The van der Waals surface area contributed by atoms with Crippen LogP contribution < -0.4 is 0 Å². The number of benzene rings is 2. The predicted octanol–water partition coefficient (Wildman–Crippen LogP) is 6.93. The smallest absolute Gasteiger partial charge is 0.0823 e. The van der Waals surface area contributed by atoms with Gasteiger partial charge in [0.2, 0.25) is 0 Å². The highest BCUT2D eigenvalue weighted by molar-refractivity contribution is 7.22. The molecule has 124 valence electrons. The maximum atomic E-state index is 4.89. The van der Waals surface area contributed by atoms with E-state index in [2.05, 4.69) is 93.6 Å². The first-order valence-electron chi connectivity index (χ1n) is 8.58. The van der Waals surface area contributed by atoms with Crippen molar-refractivity contribution in [1.29, 1.82) is 0 Å². The van der Waals surface area contributed by atoms with Gasteiger partial charge in [-0.05, 0) is 34.7 Å². The van der Waals surface area contributed by atoms with Crippen LogP contribution in [-0.4, -0.2) is 4.98 Å². The molecule has 4 aromatic rings. The molecule has 0 N–H and O–H groups in total. The fourth-order valence-electron chi connectivity index (χ4n) is 2.97. The Bertz CT molecular complexity index is 1010. The van der Waals surface area contributed by atoms with Crippen LogP contribution in [0.25, 0.3) is 31.9 Å². The first-order chi connectivity index (χ1) is 12.0. The van der Waals surface area contributed by atoms with E-state index in [0.29, 0.717) is 0 Å². The molecule has 2 aromatic heterocycles. The number of rotatable bonds is 2. The second kappa shape index (κ2) is 6.12. The normalized spacial score (nSPS) is 11.8. The van der Waals surface area contributed by atoms with E-state index in [9.17, 15) is 0 Å². The molecule has 0 bridgehead atoms. The van der Waals surface area contributed by atoms with Gasteiger partial charge in [-0.2, -0.15) is 0 Å². The maximum absolute atomic E-state index is 4.89. The van der Waals surface area contributed by atoms with Gasteiger partial charge in [-0.3, -0.25) is 0 Å². The molecule has 0 saturated carbocycles. The van der Waals surface area contributed by atoms with E-state index in [1.165, 1.54) is 26.3 Å². The van der Waals surface area contributed by atoms with Crippen molar-refractivity contribution in [1.82, 2.24) is 4.98 Å². The topological polar surface area (TPSA) is 12.9 Å². The van der Waals surface area contributed by atoms with Crippen LogP contribution in [0.15, 0.2) is 72.8 Å². The highest BCUT2D eigenvalue weighted by atomic mass is 32.1. The first-order valence-corrected chi connectivity index (χ1v) is 9.39. The molecule has 1 nitrogen and oxygen atoms in total. The summed E-state index contributed by atoms with van der Waals surface area (Å²) in [4.78, 5) is 6.16. The summed E-state index contributed by atoms with van der Waals surface area (Å²) in [6, 6.07) is 25.8. The van der Waals surface area contributed by atoms with E-state index in [1.54, 1.807) is 11.3 Å². The molecule has 0 fully saturated rings. The SMILES string of the molecule is CC(C)(C)c1ccc(-c2ccc3sc(-c4ccccc4)cc3n2)cc1. The Balaban J connectivity index is 1.72. The zero-order valence-electron chi connectivity index (χ0n) is 14.8. The molecule has 0 radical (unpaired) electrons. The summed E-state index contributed by atoms with van der Waals surface area (Å²) >= 11 is 1.80. The monoisotopic (exact) mass is 343 g/mol. The third kappa shape index (κ3) is 3.22. The summed E-state index contributed by atoms with van der Waals surface area (Å²) in [6.07, 6.45) is 0. The molecule has 0 atom stereocenters. The molecule has 0 amide bonds. The van der Waals surface area contributed by atoms with Crippen LogP contribution in [0.4, 0.5) is 0 Å². The van der Waals surface area contributed by atoms with E-state index >= 15 is 0 Å². The van der Waals surface area contributed by atoms with Crippen LogP contribution in [0.5, 0.6) is 0 Å². The van der Waals surface area contributed by atoms with Crippen molar-refractivity contribution in [2.45, 2.75) is 26.2 Å². The van der Waals surface area contributed by atoms with Gasteiger partial charge in [0.1, 0.15) is 0 Å². The van der Waals surface area contributed by atoms with Gasteiger partial charge in [-0.25, -0.2) is 4.98 Å². The van der Waals surface area contributed by atoms with E-state index in [4.69, 9.17) is 4.98 Å². The van der Waals surface area contributed by atoms with Crippen molar-refractivity contribution in [3.8, 4) is 21.7 Å². The summed E-state index contributed by atoms with van der Waals surface area (Å²) in [6.45, 7) is 6.72. The zero-order valence-corrected chi connectivity index (χ0v) is 15.6. The van der Waals surface area contributed by atoms with Crippen molar-refractivity contribution >= 4 is 21.6 Å². The van der Waals surface area contributed by atoms with Crippen LogP contribution in [0, 0.1) is 0 Å². The summed E-state index contributed by atoms with van der Waals surface area (Å²) < 4.78 is 1.23. The number of nitrogens with zero attached hydrogens (tertiary/aromatic N) is 1. The van der Waals surface area contributed by atoms with Crippen LogP contribution in [-0.2, 0) is 5.41 Å². The molecule has 0 aliphatic carbocycles. The lowest BCUT2D eigenvalue weighted by Crippen LogP contribution is -2.10. The largest absolute Gasteiger partial charge is 0.247 e. The lowest BCUT2D eigenvalue weighted by Gasteiger charge is -2.19. The van der Waals surface area contributed by atoms with Crippen LogP contribution in [0.3, 0.4) is 0 Å². The van der Waals surface area contributed by atoms with Gasteiger partial charge in [-0.15, -0.1) is 11.3 Å². The summed E-state index contributed by atoms with van der Waals surface area (Å²) in [5.74, 6) is 0. The van der Waals surface area contributed by atoms with Crippen LogP contribution >= 0.6 is 11.3 Å². The standard InChI is InChI=1S/C23H21NS/c1-23(2,3)18-11-9-16(10-12-18)19-13-14-21-20(24-19)15-22(25-21)17-7-5-4-6-8-17/h4-15H,1-3H3. The first kappa shape index (κ1) is 16.0. The van der Waals surface area contributed by atoms with Gasteiger partial charge in [0, 0.05) is 10.4 Å². The van der Waals surface area contributed by atoms with Gasteiger partial charge in [0.25, 0.3) is 0 Å². The molecule has 0 aliphatic rings. The second-order valence-corrected chi connectivity index (χ2v) is 8.47. The predicted molar refractivity (Wildman–Crippen MR) is 109 cm³/mol. The Hall–Kier alpha value is -2.45. The molecule has 0 unspecified atom stereocenters. The van der Waals surface area contributed by atoms with E-state index in [0.717, 1.165) is 11.2 Å². The summed E-state index contributed by atoms with van der Waals surface area (Å²) in [7, 11) is 0. The maximum Gasteiger partial charge on any atom is 0.0823 e. The minimum atomic E-state index is 0.174. The Morgan fingerprint density at radius 3 is 2.16 bits per heavy atom. The number of aromatic nitrogens is 1. The van der Waals surface area contributed by atoms with Crippen molar-refractivity contribution in [3.63, 3.8) is 0 Å². The third-order valence-electron chi connectivity index (χ3n) is 4.48. The molecule has 4 rings (SSSR count). The average molecular weight is 343 g/mol. The number of hydrogen-bond acceptors (Lipinski definition) is 2. The van der Waals surface area contributed by atoms with E-state index in [1.807, 2.05) is 0 Å². The Labute approximate surface area is 153 Å². The number of hydrogen-bond donors (Lipinski definition) is 0. The Morgan fingerprint density at radius 2 is 1.48 bits per heavy atom. The Kier molecular flexibility index (Phi) is 3.93. The number of fused-ring (bicyclic) bond motifs is 1. The molecule has 0 aliphatic heterocycles. The molecular formula is C23H21NS. The average Bonchev–Trinajstić information content (AvgIpc) is 3.05. The second-order valence-electron chi connectivity index (χ2n) is 7.38. The fourth-order valence-corrected chi connectivity index (χ4v) is 3.98. The molecule has 2 heterocycles. The van der Waals surface area contributed by atoms with E-state index < -0.39 is 0 Å². The van der Waals surface area contributed by atoms with Gasteiger partial charge in [-0.1, -0.05) is 75.4 Å². The molecular weight excluding hydrogens is 322 g/mol. The highest BCUT2D eigenvalue weighted by Gasteiger charge is 2.13. The van der Waals surface area contributed by atoms with Crippen molar-refractivity contribution in [2.75, 3.05) is 0 Å². The van der Waals surface area contributed by atoms with Crippen LogP contribution in [0.1, 0.15) is 26.3 Å². The lowest BCUT2D eigenvalue weighted by atomic mass is 9.86. The molecule has 0 saturated heterocycles. The third-order valence-corrected chi connectivity index (χ3v) is 5.62. The minimum Gasteiger partial charge on any atom is -0.247 e. The number of pyridine rings is 1. The quantitative estimate of drug-likeness (QED) is 0.384. The van der Waals surface area contributed by atoms with E-state index in [-0.39, 0.29) is 5.41 Å². The lowest BCUT2D eigenvalue weighted by molar-refractivity contribution is 0.590. The van der Waals surface area contributed by atoms with Gasteiger partial charge in [0.15, 0.2) is 0 Å². The van der Waals surface area contributed by atoms with Crippen molar-refractivity contribution < 1.29 is 0 Å². The Morgan fingerprint density at radius 1 is 0.760 bits per heavy atom. The zero-order chi connectivity index (χ0) is 17.4. The van der Waals surface area contributed by atoms with Crippen LogP contribution in [0.2, 0.25) is 0 Å². The van der Waals surface area contributed by atoms with Gasteiger partial charge >= 0.3 is 0 Å². The molecule has 25 heavy (non-hydrogen) atoms. The molecule has 2 heteroatoms. The van der Waals surface area contributed by atoms with Crippen molar-refractivity contribution in [2.24, 2.45) is 0 Å². The fraction of sp³-hybridized carbons (Fsp3) is 0.174. The number of thiophene rings is 1. The minimum absolute atomic E-state index is 0.174. The molecule has 2 aromatic carbocycles.